The lowest BCUT2D eigenvalue weighted by Crippen LogP contribution is -2.14. The van der Waals surface area contributed by atoms with E-state index in [0.717, 1.165) is 16.2 Å². The van der Waals surface area contributed by atoms with Crippen molar-refractivity contribution in [2.75, 3.05) is 13.2 Å². The molecule has 106 valence electrons. The Bertz CT molecular complexity index is 793. The lowest BCUT2D eigenvalue weighted by Gasteiger charge is -2.10. The molecule has 0 atom stereocenters. The van der Waals surface area contributed by atoms with Crippen LogP contribution in [0.1, 0.15) is 6.92 Å². The molecule has 0 aromatic heterocycles. The molecule has 0 N–H and O–H groups in total. The molecule has 3 aromatic carbocycles. The van der Waals surface area contributed by atoms with Crippen molar-refractivity contribution in [1.82, 2.24) is 0 Å². The van der Waals surface area contributed by atoms with E-state index in [1.54, 1.807) is 6.92 Å². The maximum Gasteiger partial charge on any atom is 0.344 e. The van der Waals surface area contributed by atoms with Gasteiger partial charge in [-0.25, -0.2) is 4.79 Å². The van der Waals surface area contributed by atoms with Gasteiger partial charge in [-0.05, 0) is 41.3 Å². The van der Waals surface area contributed by atoms with Crippen LogP contribution >= 0.6 is 0 Å². The molecule has 0 unspecified atom stereocenters. The van der Waals surface area contributed by atoms with Gasteiger partial charge in [-0.1, -0.05) is 36.4 Å². The lowest BCUT2D eigenvalue weighted by molar-refractivity contribution is -0.145. The molecule has 0 spiro atoms. The first-order valence-corrected chi connectivity index (χ1v) is 6.98. The Kier molecular flexibility index (Phi) is 3.73. The van der Waals surface area contributed by atoms with Crippen LogP contribution in [0.2, 0.25) is 0 Å². The fraction of sp³-hybridized carbons (Fsp3) is 0.167. The summed E-state index contributed by atoms with van der Waals surface area (Å²) in [6.45, 7) is 2.07. The summed E-state index contributed by atoms with van der Waals surface area (Å²) in [6, 6.07) is 18.2. The summed E-state index contributed by atoms with van der Waals surface area (Å²) >= 11 is 0. The summed E-state index contributed by atoms with van der Waals surface area (Å²) < 4.78 is 10.5. The Morgan fingerprint density at radius 1 is 0.952 bits per heavy atom. The first-order chi connectivity index (χ1) is 10.3. The molecular formula is C18H16O3. The van der Waals surface area contributed by atoms with Gasteiger partial charge in [0.2, 0.25) is 0 Å². The molecule has 0 heterocycles. The number of carbonyl (C=O) groups is 1. The van der Waals surface area contributed by atoms with Gasteiger partial charge in [0.15, 0.2) is 6.61 Å². The van der Waals surface area contributed by atoms with Crippen LogP contribution in [0.25, 0.3) is 21.5 Å². The molecule has 3 nitrogen and oxygen atoms in total. The van der Waals surface area contributed by atoms with Crippen molar-refractivity contribution in [2.45, 2.75) is 6.92 Å². The van der Waals surface area contributed by atoms with Gasteiger partial charge in [0.05, 0.1) is 6.61 Å². The van der Waals surface area contributed by atoms with E-state index >= 15 is 0 Å². The van der Waals surface area contributed by atoms with E-state index in [2.05, 4.69) is 24.3 Å². The molecule has 0 aliphatic heterocycles. The third kappa shape index (κ3) is 2.82. The first kappa shape index (κ1) is 13.4. The third-order valence-corrected chi connectivity index (χ3v) is 3.36. The molecular weight excluding hydrogens is 264 g/mol. The van der Waals surface area contributed by atoms with Crippen LogP contribution in [-0.2, 0) is 9.53 Å². The number of esters is 1. The quantitative estimate of drug-likeness (QED) is 0.536. The molecule has 0 aliphatic rings. The zero-order valence-electron chi connectivity index (χ0n) is 11.8. The van der Waals surface area contributed by atoms with Gasteiger partial charge in [-0.3, -0.25) is 0 Å². The van der Waals surface area contributed by atoms with Crippen LogP contribution in [0.5, 0.6) is 5.75 Å². The maximum absolute atomic E-state index is 11.4. The summed E-state index contributed by atoms with van der Waals surface area (Å²) in [5, 5.41) is 4.43. The number of rotatable bonds is 4. The molecule has 3 aromatic rings. The largest absolute Gasteiger partial charge is 0.481 e. The molecule has 0 saturated heterocycles. The van der Waals surface area contributed by atoms with Crippen molar-refractivity contribution in [3.8, 4) is 5.75 Å². The zero-order chi connectivity index (χ0) is 14.7. The van der Waals surface area contributed by atoms with E-state index in [9.17, 15) is 4.79 Å². The molecule has 0 aliphatic carbocycles. The van der Waals surface area contributed by atoms with Gasteiger partial charge in [-0.2, -0.15) is 0 Å². The summed E-state index contributed by atoms with van der Waals surface area (Å²) in [5.74, 6) is 0.349. The molecule has 0 fully saturated rings. The van der Waals surface area contributed by atoms with Gasteiger partial charge in [0, 0.05) is 5.39 Å². The molecule has 0 amide bonds. The van der Waals surface area contributed by atoms with Gasteiger partial charge in [0.1, 0.15) is 5.75 Å². The molecule has 0 bridgehead atoms. The number of carbonyl (C=O) groups excluding carboxylic acids is 1. The summed E-state index contributed by atoms with van der Waals surface area (Å²) in [7, 11) is 0. The van der Waals surface area contributed by atoms with Gasteiger partial charge < -0.3 is 9.47 Å². The second-order valence-electron chi connectivity index (χ2n) is 4.77. The van der Waals surface area contributed by atoms with Crippen molar-refractivity contribution >= 4 is 27.5 Å². The van der Waals surface area contributed by atoms with Crippen molar-refractivity contribution in [2.24, 2.45) is 0 Å². The SMILES string of the molecule is CCOC(=O)COc1cccc2cc3ccccc3cc12. The van der Waals surface area contributed by atoms with Gasteiger partial charge in [-0.15, -0.1) is 0 Å². The van der Waals surface area contributed by atoms with E-state index < -0.39 is 0 Å². The topological polar surface area (TPSA) is 35.5 Å². The van der Waals surface area contributed by atoms with Crippen LogP contribution in [0, 0.1) is 0 Å². The summed E-state index contributed by atoms with van der Waals surface area (Å²) in [5.41, 5.74) is 0. The Labute approximate surface area is 123 Å². The normalized spacial score (nSPS) is 10.7. The van der Waals surface area contributed by atoms with Crippen LogP contribution in [0.15, 0.2) is 54.6 Å². The Hall–Kier alpha value is -2.55. The van der Waals surface area contributed by atoms with E-state index in [0.29, 0.717) is 12.4 Å². The van der Waals surface area contributed by atoms with Crippen molar-refractivity contribution in [3.05, 3.63) is 54.6 Å². The monoisotopic (exact) mass is 280 g/mol. The highest BCUT2D eigenvalue weighted by Gasteiger charge is 2.07. The van der Waals surface area contributed by atoms with E-state index in [-0.39, 0.29) is 12.6 Å². The highest BCUT2D eigenvalue weighted by molar-refractivity contribution is 6.00. The van der Waals surface area contributed by atoms with Crippen molar-refractivity contribution in [3.63, 3.8) is 0 Å². The molecule has 3 heteroatoms. The minimum absolute atomic E-state index is 0.0697. The van der Waals surface area contributed by atoms with Crippen LogP contribution in [0.3, 0.4) is 0 Å². The maximum atomic E-state index is 11.4. The number of ether oxygens (including phenoxy) is 2. The number of hydrogen-bond acceptors (Lipinski definition) is 3. The average molecular weight is 280 g/mol. The average Bonchev–Trinajstić information content (AvgIpc) is 2.51. The number of hydrogen-bond donors (Lipinski definition) is 0. The third-order valence-electron chi connectivity index (χ3n) is 3.36. The fourth-order valence-corrected chi connectivity index (χ4v) is 2.40. The zero-order valence-corrected chi connectivity index (χ0v) is 11.8. The highest BCUT2D eigenvalue weighted by Crippen LogP contribution is 2.29. The van der Waals surface area contributed by atoms with Crippen molar-refractivity contribution < 1.29 is 14.3 Å². The van der Waals surface area contributed by atoms with Gasteiger partial charge in [0.25, 0.3) is 0 Å². The molecule has 0 radical (unpaired) electrons. The molecule has 3 rings (SSSR count). The van der Waals surface area contributed by atoms with Gasteiger partial charge >= 0.3 is 5.97 Å². The second kappa shape index (κ2) is 5.83. The van der Waals surface area contributed by atoms with E-state index in [4.69, 9.17) is 9.47 Å². The highest BCUT2D eigenvalue weighted by atomic mass is 16.6. The van der Waals surface area contributed by atoms with Crippen LogP contribution < -0.4 is 4.74 Å². The predicted octanol–water partition coefficient (Wildman–Crippen LogP) is 3.93. The summed E-state index contributed by atoms with van der Waals surface area (Å²) in [4.78, 5) is 11.4. The second-order valence-corrected chi connectivity index (χ2v) is 4.77. The molecule has 21 heavy (non-hydrogen) atoms. The first-order valence-electron chi connectivity index (χ1n) is 6.98. The number of benzene rings is 3. The Balaban J connectivity index is 1.98. The van der Waals surface area contributed by atoms with Crippen molar-refractivity contribution in [1.29, 1.82) is 0 Å². The summed E-state index contributed by atoms with van der Waals surface area (Å²) in [6.07, 6.45) is 0. The Morgan fingerprint density at radius 2 is 1.67 bits per heavy atom. The smallest absolute Gasteiger partial charge is 0.344 e. The Morgan fingerprint density at radius 3 is 2.43 bits per heavy atom. The predicted molar refractivity (Wildman–Crippen MR) is 83.6 cm³/mol. The molecule has 0 saturated carbocycles. The minimum Gasteiger partial charge on any atom is -0.481 e. The lowest BCUT2D eigenvalue weighted by atomic mass is 10.0. The van der Waals surface area contributed by atoms with Crippen LogP contribution in [-0.4, -0.2) is 19.2 Å². The minimum atomic E-state index is -0.352. The van der Waals surface area contributed by atoms with Crippen LogP contribution in [0.4, 0.5) is 0 Å². The van der Waals surface area contributed by atoms with E-state index in [1.807, 2.05) is 30.3 Å². The number of fused-ring (bicyclic) bond motifs is 2. The fourth-order valence-electron chi connectivity index (χ4n) is 2.40. The standard InChI is InChI=1S/C18H16O3/c1-2-20-18(19)12-21-17-9-5-8-15-10-13-6-3-4-7-14(13)11-16(15)17/h3-11H,2,12H2,1H3. The van der Waals surface area contributed by atoms with E-state index in [1.165, 1.54) is 5.39 Å².